The van der Waals surface area contributed by atoms with Gasteiger partial charge in [-0.2, -0.15) is 0 Å². The van der Waals surface area contributed by atoms with Crippen LogP contribution in [0.1, 0.15) is 10.4 Å². The van der Waals surface area contributed by atoms with E-state index in [1.165, 1.54) is 12.1 Å². The van der Waals surface area contributed by atoms with Crippen molar-refractivity contribution in [3.63, 3.8) is 0 Å². The SMILES string of the molecule is CS(=O)(=O)c1ccc(-n2cc(C(=O)NC(=N)N)c3cccnc32)cc1. The normalized spacial score (nSPS) is 11.4. The average Bonchev–Trinajstić information content (AvgIpc) is 2.93. The molecule has 0 unspecified atom stereocenters. The zero-order chi connectivity index (χ0) is 18.2. The van der Waals surface area contributed by atoms with Crippen LogP contribution in [0.5, 0.6) is 0 Å². The van der Waals surface area contributed by atoms with Crippen molar-refractivity contribution < 1.29 is 13.2 Å². The van der Waals surface area contributed by atoms with Crippen LogP contribution in [-0.2, 0) is 9.84 Å². The Morgan fingerprint density at radius 1 is 1.24 bits per heavy atom. The summed E-state index contributed by atoms with van der Waals surface area (Å²) in [5.74, 6) is -0.968. The number of guanidine groups is 1. The first-order valence-corrected chi connectivity index (χ1v) is 9.08. The minimum absolute atomic E-state index is 0.204. The number of carbonyl (C=O) groups excluding carboxylic acids is 1. The molecule has 4 N–H and O–H groups in total. The highest BCUT2D eigenvalue weighted by molar-refractivity contribution is 7.90. The largest absolute Gasteiger partial charge is 0.370 e. The fraction of sp³-hybridized carbons (Fsp3) is 0.0625. The molecule has 9 heteroatoms. The molecular weight excluding hydrogens is 342 g/mol. The molecule has 0 aliphatic heterocycles. The molecule has 1 aromatic carbocycles. The Morgan fingerprint density at radius 2 is 1.92 bits per heavy atom. The molecule has 0 fully saturated rings. The van der Waals surface area contributed by atoms with E-state index in [9.17, 15) is 13.2 Å². The number of rotatable bonds is 3. The summed E-state index contributed by atoms with van der Waals surface area (Å²) < 4.78 is 24.8. The van der Waals surface area contributed by atoms with Crippen molar-refractivity contribution in [2.45, 2.75) is 4.90 Å². The van der Waals surface area contributed by atoms with Crippen LogP contribution in [-0.4, -0.2) is 36.1 Å². The lowest BCUT2D eigenvalue weighted by atomic mass is 10.2. The van der Waals surface area contributed by atoms with Crippen molar-refractivity contribution in [1.82, 2.24) is 14.9 Å². The number of amides is 1. The van der Waals surface area contributed by atoms with E-state index in [0.717, 1.165) is 6.26 Å². The number of carbonyl (C=O) groups is 1. The number of fused-ring (bicyclic) bond motifs is 1. The molecule has 2 heterocycles. The Hall–Kier alpha value is -3.20. The summed E-state index contributed by atoms with van der Waals surface area (Å²) in [5.41, 5.74) is 6.71. The quantitative estimate of drug-likeness (QED) is 0.476. The highest BCUT2D eigenvalue weighted by atomic mass is 32.2. The van der Waals surface area contributed by atoms with Crippen molar-refractivity contribution in [3.05, 3.63) is 54.4 Å². The molecule has 0 atom stereocenters. The Balaban J connectivity index is 2.14. The third-order valence-electron chi connectivity index (χ3n) is 3.60. The number of nitrogens with two attached hydrogens (primary N) is 1. The first-order valence-electron chi connectivity index (χ1n) is 7.19. The second-order valence-electron chi connectivity index (χ2n) is 5.42. The minimum Gasteiger partial charge on any atom is -0.370 e. The van der Waals surface area contributed by atoms with Gasteiger partial charge >= 0.3 is 0 Å². The molecule has 2 aromatic heterocycles. The van der Waals surface area contributed by atoms with Gasteiger partial charge in [-0.3, -0.25) is 15.5 Å². The van der Waals surface area contributed by atoms with Crippen LogP contribution in [0.25, 0.3) is 16.7 Å². The Labute approximate surface area is 143 Å². The van der Waals surface area contributed by atoms with Crippen LogP contribution in [0.3, 0.4) is 0 Å². The molecule has 0 radical (unpaired) electrons. The van der Waals surface area contributed by atoms with Gasteiger partial charge in [0.2, 0.25) is 0 Å². The third kappa shape index (κ3) is 3.22. The molecule has 0 saturated heterocycles. The van der Waals surface area contributed by atoms with Gasteiger partial charge in [0.25, 0.3) is 5.91 Å². The van der Waals surface area contributed by atoms with Gasteiger partial charge in [-0.25, -0.2) is 13.4 Å². The second-order valence-corrected chi connectivity index (χ2v) is 7.44. The van der Waals surface area contributed by atoms with Crippen molar-refractivity contribution in [2.75, 3.05) is 6.26 Å². The zero-order valence-corrected chi connectivity index (χ0v) is 14.0. The number of pyridine rings is 1. The predicted molar refractivity (Wildman–Crippen MR) is 93.6 cm³/mol. The molecule has 0 aliphatic rings. The van der Waals surface area contributed by atoms with E-state index in [-0.39, 0.29) is 4.90 Å². The molecule has 25 heavy (non-hydrogen) atoms. The van der Waals surface area contributed by atoms with E-state index < -0.39 is 21.7 Å². The maximum absolute atomic E-state index is 12.2. The number of benzene rings is 1. The smallest absolute Gasteiger partial charge is 0.260 e. The van der Waals surface area contributed by atoms with Gasteiger partial charge in [0, 0.05) is 29.7 Å². The molecule has 128 valence electrons. The van der Waals surface area contributed by atoms with Gasteiger partial charge in [-0.15, -0.1) is 0 Å². The molecule has 0 spiro atoms. The average molecular weight is 357 g/mol. The molecule has 1 amide bonds. The summed E-state index contributed by atoms with van der Waals surface area (Å²) in [5, 5.41) is 10.0. The summed E-state index contributed by atoms with van der Waals surface area (Å²) >= 11 is 0. The molecule has 0 saturated carbocycles. The number of nitrogens with zero attached hydrogens (tertiary/aromatic N) is 2. The van der Waals surface area contributed by atoms with Crippen molar-refractivity contribution >= 4 is 32.7 Å². The van der Waals surface area contributed by atoms with Gasteiger partial charge < -0.3 is 10.3 Å². The minimum atomic E-state index is -3.29. The van der Waals surface area contributed by atoms with Crippen molar-refractivity contribution in [1.29, 1.82) is 5.41 Å². The first kappa shape index (κ1) is 16.7. The second kappa shape index (κ2) is 6.02. The topological polar surface area (TPSA) is 131 Å². The van der Waals surface area contributed by atoms with Crippen LogP contribution < -0.4 is 11.1 Å². The van der Waals surface area contributed by atoms with Gasteiger partial charge in [-0.1, -0.05) is 0 Å². The summed E-state index contributed by atoms with van der Waals surface area (Å²) in [6.07, 6.45) is 4.31. The molecular formula is C16H15N5O3S. The summed E-state index contributed by atoms with van der Waals surface area (Å²) in [4.78, 5) is 16.7. The highest BCUT2D eigenvalue weighted by Crippen LogP contribution is 2.24. The van der Waals surface area contributed by atoms with E-state index in [1.807, 2.05) is 0 Å². The van der Waals surface area contributed by atoms with Crippen LogP contribution in [0.2, 0.25) is 0 Å². The number of hydrogen-bond acceptors (Lipinski definition) is 5. The van der Waals surface area contributed by atoms with Gasteiger partial charge in [0.05, 0.1) is 10.5 Å². The number of sulfone groups is 1. The van der Waals surface area contributed by atoms with E-state index >= 15 is 0 Å². The van der Waals surface area contributed by atoms with E-state index in [1.54, 1.807) is 41.2 Å². The van der Waals surface area contributed by atoms with Crippen LogP contribution in [0, 0.1) is 5.41 Å². The van der Waals surface area contributed by atoms with Crippen LogP contribution in [0.15, 0.2) is 53.7 Å². The third-order valence-corrected chi connectivity index (χ3v) is 4.73. The van der Waals surface area contributed by atoms with Crippen molar-refractivity contribution in [3.8, 4) is 5.69 Å². The molecule has 0 bridgehead atoms. The fourth-order valence-corrected chi connectivity index (χ4v) is 3.11. The fourth-order valence-electron chi connectivity index (χ4n) is 2.48. The van der Waals surface area contributed by atoms with Gasteiger partial charge in [0.15, 0.2) is 15.8 Å². The lowest BCUT2D eigenvalue weighted by Gasteiger charge is -2.05. The highest BCUT2D eigenvalue weighted by Gasteiger charge is 2.17. The lowest BCUT2D eigenvalue weighted by molar-refractivity contribution is 0.0978. The Morgan fingerprint density at radius 3 is 2.52 bits per heavy atom. The Bertz CT molecular complexity index is 1080. The van der Waals surface area contributed by atoms with E-state index in [2.05, 4.69) is 10.3 Å². The summed E-state index contributed by atoms with van der Waals surface area (Å²) in [6.45, 7) is 0. The molecule has 3 rings (SSSR count). The molecule has 3 aromatic rings. The maximum Gasteiger partial charge on any atom is 0.260 e. The standard InChI is InChI=1S/C16H15N5O3S/c1-25(23,24)11-6-4-10(5-7-11)21-9-13(15(22)20-16(17)18)12-3-2-8-19-14(12)21/h2-9H,1H3,(H4,17,18,20,22). The molecule has 8 nitrogen and oxygen atoms in total. The number of nitrogens with one attached hydrogen (secondary N) is 2. The monoisotopic (exact) mass is 357 g/mol. The predicted octanol–water partition coefficient (Wildman–Crippen LogP) is 1.05. The van der Waals surface area contributed by atoms with E-state index in [4.69, 9.17) is 11.1 Å². The van der Waals surface area contributed by atoms with Crippen LogP contribution >= 0.6 is 0 Å². The lowest BCUT2D eigenvalue weighted by Crippen LogP contribution is -2.35. The van der Waals surface area contributed by atoms with Crippen molar-refractivity contribution in [2.24, 2.45) is 5.73 Å². The van der Waals surface area contributed by atoms with Gasteiger partial charge in [0.1, 0.15) is 5.65 Å². The zero-order valence-electron chi connectivity index (χ0n) is 13.2. The first-order chi connectivity index (χ1) is 11.8. The maximum atomic E-state index is 12.2. The summed E-state index contributed by atoms with van der Waals surface area (Å²) in [6, 6.07) is 9.70. The van der Waals surface area contributed by atoms with Gasteiger partial charge in [-0.05, 0) is 36.4 Å². The van der Waals surface area contributed by atoms with E-state index in [0.29, 0.717) is 22.3 Å². The number of aromatic nitrogens is 2. The molecule has 0 aliphatic carbocycles. The summed E-state index contributed by atoms with van der Waals surface area (Å²) in [7, 11) is -3.29. The van der Waals surface area contributed by atoms with Crippen LogP contribution in [0.4, 0.5) is 0 Å². The number of hydrogen-bond donors (Lipinski definition) is 3. The Kier molecular flexibility index (Phi) is 4.01.